The van der Waals surface area contributed by atoms with E-state index in [9.17, 15) is 0 Å². The van der Waals surface area contributed by atoms with Crippen LogP contribution in [0.4, 0.5) is 0 Å². The van der Waals surface area contributed by atoms with Gasteiger partial charge in [-0.3, -0.25) is 4.68 Å². The second kappa shape index (κ2) is 4.27. The Balaban J connectivity index is 1.83. The molecule has 2 aromatic rings. The van der Waals surface area contributed by atoms with E-state index in [4.69, 9.17) is 0 Å². The van der Waals surface area contributed by atoms with Crippen LogP contribution in [0.2, 0.25) is 0 Å². The molecule has 0 bridgehead atoms. The van der Waals surface area contributed by atoms with Gasteiger partial charge in [0.2, 0.25) is 0 Å². The zero-order chi connectivity index (χ0) is 10.7. The zero-order valence-corrected chi connectivity index (χ0v) is 8.99. The number of nitrogens with one attached hydrogen (secondary N) is 2. The van der Waals surface area contributed by atoms with Gasteiger partial charge in [-0.1, -0.05) is 0 Å². The maximum Gasteiger partial charge on any atom is 0.0925 e. The quantitative estimate of drug-likeness (QED) is 0.774. The Kier molecular flexibility index (Phi) is 2.82. The first-order valence-corrected chi connectivity index (χ1v) is 4.93. The van der Waals surface area contributed by atoms with Crippen LogP contribution in [-0.4, -0.2) is 19.7 Å². The van der Waals surface area contributed by atoms with Crippen LogP contribution in [0.1, 0.15) is 17.0 Å². The summed E-state index contributed by atoms with van der Waals surface area (Å²) in [6.45, 7) is 3.62. The number of aromatic amines is 1. The van der Waals surface area contributed by atoms with E-state index in [0.29, 0.717) is 0 Å². The molecule has 2 N–H and O–H groups in total. The molecule has 0 spiro atoms. The molecule has 2 aromatic heterocycles. The van der Waals surface area contributed by atoms with Gasteiger partial charge < -0.3 is 10.3 Å². The number of imidazole rings is 1. The highest BCUT2D eigenvalue weighted by molar-refractivity contribution is 5.09. The Bertz CT molecular complexity index is 428. The van der Waals surface area contributed by atoms with Crippen LogP contribution in [-0.2, 0) is 20.1 Å². The lowest BCUT2D eigenvalue weighted by Gasteiger charge is -2.00. The Labute approximate surface area is 88.5 Å². The van der Waals surface area contributed by atoms with Crippen molar-refractivity contribution in [2.45, 2.75) is 20.0 Å². The molecular weight excluding hydrogens is 190 g/mol. The van der Waals surface area contributed by atoms with Crippen molar-refractivity contribution < 1.29 is 0 Å². The van der Waals surface area contributed by atoms with Gasteiger partial charge in [-0.2, -0.15) is 5.10 Å². The van der Waals surface area contributed by atoms with E-state index in [0.717, 1.165) is 24.5 Å². The minimum atomic E-state index is 0.782. The fourth-order valence-corrected chi connectivity index (χ4v) is 1.45. The molecule has 5 heteroatoms. The Morgan fingerprint density at radius 3 is 2.93 bits per heavy atom. The third-order valence-corrected chi connectivity index (χ3v) is 2.31. The summed E-state index contributed by atoms with van der Waals surface area (Å²) in [5, 5.41) is 7.43. The molecule has 2 heterocycles. The van der Waals surface area contributed by atoms with Crippen molar-refractivity contribution >= 4 is 0 Å². The van der Waals surface area contributed by atoms with Gasteiger partial charge in [0.1, 0.15) is 0 Å². The fourth-order valence-electron chi connectivity index (χ4n) is 1.45. The number of rotatable bonds is 4. The SMILES string of the molecule is Cc1[nH]cnc1CNCc1cnn(C)c1. The highest BCUT2D eigenvalue weighted by atomic mass is 15.2. The Hall–Kier alpha value is -1.62. The molecule has 0 aromatic carbocycles. The van der Waals surface area contributed by atoms with E-state index in [1.807, 2.05) is 26.4 Å². The summed E-state index contributed by atoms with van der Waals surface area (Å²) in [4.78, 5) is 7.27. The van der Waals surface area contributed by atoms with Crippen LogP contribution in [0, 0.1) is 6.92 Å². The number of nitrogens with zero attached hydrogens (tertiary/aromatic N) is 3. The predicted molar refractivity (Wildman–Crippen MR) is 57.1 cm³/mol. The van der Waals surface area contributed by atoms with Crippen molar-refractivity contribution in [1.29, 1.82) is 0 Å². The highest BCUT2D eigenvalue weighted by Crippen LogP contribution is 2.01. The van der Waals surface area contributed by atoms with E-state index in [2.05, 4.69) is 20.4 Å². The molecule has 0 aliphatic rings. The second-order valence-electron chi connectivity index (χ2n) is 3.60. The van der Waals surface area contributed by atoms with E-state index >= 15 is 0 Å². The van der Waals surface area contributed by atoms with Gasteiger partial charge in [0.25, 0.3) is 0 Å². The first-order valence-electron chi connectivity index (χ1n) is 4.93. The van der Waals surface area contributed by atoms with Crippen molar-refractivity contribution in [1.82, 2.24) is 25.1 Å². The third kappa shape index (κ3) is 2.44. The lowest BCUT2D eigenvalue weighted by molar-refractivity contribution is 0.678. The average Bonchev–Trinajstić information content (AvgIpc) is 2.77. The van der Waals surface area contributed by atoms with E-state index in [-0.39, 0.29) is 0 Å². The summed E-state index contributed by atoms with van der Waals surface area (Å²) in [6.07, 6.45) is 5.59. The molecule has 0 amide bonds. The summed E-state index contributed by atoms with van der Waals surface area (Å²) < 4.78 is 1.80. The first kappa shape index (κ1) is 9.92. The number of H-pyrrole nitrogens is 1. The van der Waals surface area contributed by atoms with Crippen LogP contribution in [0.3, 0.4) is 0 Å². The van der Waals surface area contributed by atoms with Crippen molar-refractivity contribution in [2.24, 2.45) is 7.05 Å². The molecule has 0 saturated carbocycles. The third-order valence-electron chi connectivity index (χ3n) is 2.31. The van der Waals surface area contributed by atoms with Gasteiger partial charge in [-0.05, 0) is 6.92 Å². The second-order valence-corrected chi connectivity index (χ2v) is 3.60. The zero-order valence-electron chi connectivity index (χ0n) is 8.99. The fraction of sp³-hybridized carbons (Fsp3) is 0.400. The molecule has 0 saturated heterocycles. The summed E-state index contributed by atoms with van der Waals surface area (Å²) >= 11 is 0. The smallest absolute Gasteiger partial charge is 0.0925 e. The van der Waals surface area contributed by atoms with Gasteiger partial charge in [0.15, 0.2) is 0 Å². The van der Waals surface area contributed by atoms with E-state index in [1.54, 1.807) is 11.0 Å². The van der Waals surface area contributed by atoms with E-state index < -0.39 is 0 Å². The molecule has 15 heavy (non-hydrogen) atoms. The molecule has 0 aliphatic carbocycles. The lowest BCUT2D eigenvalue weighted by atomic mass is 10.3. The van der Waals surface area contributed by atoms with Crippen LogP contribution >= 0.6 is 0 Å². The molecule has 0 radical (unpaired) electrons. The van der Waals surface area contributed by atoms with Gasteiger partial charge in [0, 0.05) is 37.6 Å². The van der Waals surface area contributed by atoms with Gasteiger partial charge >= 0.3 is 0 Å². The molecule has 80 valence electrons. The molecule has 0 fully saturated rings. The Morgan fingerprint density at radius 2 is 2.33 bits per heavy atom. The number of hydrogen-bond donors (Lipinski definition) is 2. The van der Waals surface area contributed by atoms with Gasteiger partial charge in [0.05, 0.1) is 18.2 Å². The summed E-state index contributed by atoms with van der Waals surface area (Å²) in [5.74, 6) is 0. The maximum atomic E-state index is 4.21. The largest absolute Gasteiger partial charge is 0.348 e. The van der Waals surface area contributed by atoms with Crippen molar-refractivity contribution in [3.8, 4) is 0 Å². The predicted octanol–water partition coefficient (Wildman–Crippen LogP) is 0.741. The minimum Gasteiger partial charge on any atom is -0.348 e. The summed E-state index contributed by atoms with van der Waals surface area (Å²) in [5.41, 5.74) is 3.37. The first-order chi connectivity index (χ1) is 7.25. The van der Waals surface area contributed by atoms with Crippen molar-refractivity contribution in [3.05, 3.63) is 35.7 Å². The standard InChI is InChI=1S/C10H15N5/c1-8-10(13-7-12-8)5-11-3-9-4-14-15(2)6-9/h4,6-7,11H,3,5H2,1-2H3,(H,12,13). The number of aryl methyl sites for hydroxylation is 2. The van der Waals surface area contributed by atoms with Gasteiger partial charge in [-0.15, -0.1) is 0 Å². The Morgan fingerprint density at radius 1 is 1.47 bits per heavy atom. The normalized spacial score (nSPS) is 10.8. The molecule has 0 atom stereocenters. The molecule has 5 nitrogen and oxygen atoms in total. The average molecular weight is 205 g/mol. The minimum absolute atomic E-state index is 0.782. The summed E-state index contributed by atoms with van der Waals surface area (Å²) in [6, 6.07) is 0. The van der Waals surface area contributed by atoms with Crippen molar-refractivity contribution in [3.63, 3.8) is 0 Å². The van der Waals surface area contributed by atoms with Gasteiger partial charge in [-0.25, -0.2) is 4.98 Å². The summed E-state index contributed by atoms with van der Waals surface area (Å²) in [7, 11) is 1.92. The lowest BCUT2D eigenvalue weighted by Crippen LogP contribution is -2.13. The van der Waals surface area contributed by atoms with Crippen LogP contribution in [0.15, 0.2) is 18.7 Å². The molecule has 0 unspecified atom stereocenters. The van der Waals surface area contributed by atoms with Crippen LogP contribution in [0.5, 0.6) is 0 Å². The highest BCUT2D eigenvalue weighted by Gasteiger charge is 2.00. The van der Waals surface area contributed by atoms with Crippen molar-refractivity contribution in [2.75, 3.05) is 0 Å². The monoisotopic (exact) mass is 205 g/mol. The van der Waals surface area contributed by atoms with E-state index in [1.165, 1.54) is 5.56 Å². The molecule has 0 aliphatic heterocycles. The van der Waals surface area contributed by atoms with Crippen LogP contribution in [0.25, 0.3) is 0 Å². The molecular formula is C10H15N5. The maximum absolute atomic E-state index is 4.21. The number of aromatic nitrogens is 4. The topological polar surface area (TPSA) is 58.5 Å². The molecule has 2 rings (SSSR count). The van der Waals surface area contributed by atoms with Crippen LogP contribution < -0.4 is 5.32 Å². The number of hydrogen-bond acceptors (Lipinski definition) is 3.